The zero-order chi connectivity index (χ0) is 8.97. The fourth-order valence-corrected chi connectivity index (χ4v) is 1.11. The Balaban J connectivity index is 2.81. The maximum absolute atomic E-state index is 11.8. The van der Waals surface area contributed by atoms with E-state index in [1.165, 1.54) is 6.33 Å². The minimum atomic E-state index is -0.384. The molecule has 0 aliphatic heterocycles. The van der Waals surface area contributed by atoms with Gasteiger partial charge in [0.05, 0.1) is 6.67 Å². The number of alkyl halides is 1. The van der Waals surface area contributed by atoms with Crippen LogP contribution in [0.4, 0.5) is 10.2 Å². The molecular weight excluding hydrogens is 181 g/mol. The molecule has 0 aliphatic rings. The second kappa shape index (κ2) is 4.21. The van der Waals surface area contributed by atoms with E-state index in [0.717, 1.165) is 0 Å². The molecule has 0 bridgehead atoms. The summed E-state index contributed by atoms with van der Waals surface area (Å²) in [5.41, 5.74) is 6.14. The SMILES string of the molecule is Nc1ncnc(Cl)c1CCCF. The molecule has 0 spiro atoms. The van der Waals surface area contributed by atoms with Crippen LogP contribution in [-0.4, -0.2) is 16.6 Å². The summed E-state index contributed by atoms with van der Waals surface area (Å²) in [5.74, 6) is 0.337. The van der Waals surface area contributed by atoms with Gasteiger partial charge in [-0.25, -0.2) is 9.97 Å². The predicted octanol–water partition coefficient (Wildman–Crippen LogP) is 1.61. The van der Waals surface area contributed by atoms with E-state index in [4.69, 9.17) is 17.3 Å². The van der Waals surface area contributed by atoms with Crippen LogP contribution in [0.5, 0.6) is 0 Å². The van der Waals surface area contributed by atoms with Crippen LogP contribution < -0.4 is 5.73 Å². The van der Waals surface area contributed by atoms with E-state index < -0.39 is 0 Å². The summed E-state index contributed by atoms with van der Waals surface area (Å²) < 4.78 is 11.8. The highest BCUT2D eigenvalue weighted by molar-refractivity contribution is 6.30. The number of nitrogen functional groups attached to an aromatic ring is 1. The lowest BCUT2D eigenvalue weighted by molar-refractivity contribution is 0.473. The lowest BCUT2D eigenvalue weighted by Gasteiger charge is -2.03. The van der Waals surface area contributed by atoms with Gasteiger partial charge >= 0.3 is 0 Å². The van der Waals surface area contributed by atoms with E-state index in [0.29, 0.717) is 29.4 Å². The van der Waals surface area contributed by atoms with Crippen LogP contribution in [0.1, 0.15) is 12.0 Å². The molecule has 0 amide bonds. The van der Waals surface area contributed by atoms with Crippen molar-refractivity contribution in [1.82, 2.24) is 9.97 Å². The molecule has 0 unspecified atom stereocenters. The average Bonchev–Trinajstić information content (AvgIpc) is 2.04. The topological polar surface area (TPSA) is 51.8 Å². The number of nitrogens with two attached hydrogens (primary N) is 1. The van der Waals surface area contributed by atoms with Crippen LogP contribution in [0.15, 0.2) is 6.33 Å². The molecule has 1 heterocycles. The van der Waals surface area contributed by atoms with Crippen molar-refractivity contribution in [2.24, 2.45) is 0 Å². The first-order valence-electron chi connectivity index (χ1n) is 3.56. The molecule has 1 aromatic heterocycles. The van der Waals surface area contributed by atoms with Gasteiger partial charge in [0.15, 0.2) is 0 Å². The third kappa shape index (κ3) is 2.04. The quantitative estimate of drug-likeness (QED) is 0.736. The van der Waals surface area contributed by atoms with Crippen LogP contribution in [0.3, 0.4) is 0 Å². The van der Waals surface area contributed by atoms with Crippen molar-refractivity contribution in [3.05, 3.63) is 17.0 Å². The smallest absolute Gasteiger partial charge is 0.137 e. The summed E-state index contributed by atoms with van der Waals surface area (Å²) in [6.45, 7) is -0.384. The fourth-order valence-electron chi connectivity index (χ4n) is 0.878. The maximum Gasteiger partial charge on any atom is 0.137 e. The van der Waals surface area contributed by atoms with Crippen molar-refractivity contribution in [3.8, 4) is 0 Å². The van der Waals surface area contributed by atoms with E-state index in [2.05, 4.69) is 9.97 Å². The first kappa shape index (κ1) is 9.19. The van der Waals surface area contributed by atoms with Gasteiger partial charge in [0, 0.05) is 5.56 Å². The zero-order valence-corrected chi connectivity index (χ0v) is 7.18. The van der Waals surface area contributed by atoms with Gasteiger partial charge in [0.1, 0.15) is 17.3 Å². The van der Waals surface area contributed by atoms with E-state index in [-0.39, 0.29) is 6.67 Å². The van der Waals surface area contributed by atoms with Crippen LogP contribution in [0.2, 0.25) is 5.15 Å². The minimum Gasteiger partial charge on any atom is -0.383 e. The molecular formula is C7H9ClFN3. The second-order valence-electron chi connectivity index (χ2n) is 2.32. The second-order valence-corrected chi connectivity index (χ2v) is 2.68. The molecule has 0 radical (unpaired) electrons. The van der Waals surface area contributed by atoms with Gasteiger partial charge in [-0.05, 0) is 12.8 Å². The molecule has 0 saturated heterocycles. The molecule has 0 atom stereocenters. The average molecular weight is 190 g/mol. The highest BCUT2D eigenvalue weighted by Crippen LogP contribution is 2.18. The number of rotatable bonds is 3. The summed E-state index contributed by atoms with van der Waals surface area (Å²) in [5, 5.41) is 0.316. The summed E-state index contributed by atoms with van der Waals surface area (Å²) in [4.78, 5) is 7.50. The van der Waals surface area contributed by atoms with Crippen molar-refractivity contribution in [2.75, 3.05) is 12.4 Å². The molecule has 1 aromatic rings. The number of hydrogen-bond acceptors (Lipinski definition) is 3. The molecule has 0 aliphatic carbocycles. The van der Waals surface area contributed by atoms with Gasteiger partial charge in [0.25, 0.3) is 0 Å². The monoisotopic (exact) mass is 189 g/mol. The Kier molecular flexibility index (Phi) is 3.22. The Labute approximate surface area is 74.8 Å². The van der Waals surface area contributed by atoms with E-state index in [1.807, 2.05) is 0 Å². The lowest BCUT2D eigenvalue weighted by atomic mass is 10.2. The maximum atomic E-state index is 11.8. The minimum absolute atomic E-state index is 0.316. The van der Waals surface area contributed by atoms with Crippen LogP contribution in [-0.2, 0) is 6.42 Å². The molecule has 0 saturated carbocycles. The summed E-state index contributed by atoms with van der Waals surface area (Å²) >= 11 is 5.71. The fraction of sp³-hybridized carbons (Fsp3) is 0.429. The van der Waals surface area contributed by atoms with Crippen molar-refractivity contribution in [2.45, 2.75) is 12.8 Å². The predicted molar refractivity (Wildman–Crippen MR) is 45.8 cm³/mol. The summed E-state index contributed by atoms with van der Waals surface area (Å²) in [6.07, 6.45) is 2.18. The Morgan fingerprint density at radius 2 is 2.25 bits per heavy atom. The van der Waals surface area contributed by atoms with Crippen molar-refractivity contribution in [3.63, 3.8) is 0 Å². The van der Waals surface area contributed by atoms with Gasteiger partial charge in [-0.2, -0.15) is 0 Å². The molecule has 0 aromatic carbocycles. The van der Waals surface area contributed by atoms with Gasteiger partial charge in [0.2, 0.25) is 0 Å². The first-order chi connectivity index (χ1) is 5.75. The molecule has 66 valence electrons. The van der Waals surface area contributed by atoms with Crippen LogP contribution >= 0.6 is 11.6 Å². The summed E-state index contributed by atoms with van der Waals surface area (Å²) in [7, 11) is 0. The number of anilines is 1. The first-order valence-corrected chi connectivity index (χ1v) is 3.94. The van der Waals surface area contributed by atoms with Crippen LogP contribution in [0.25, 0.3) is 0 Å². The molecule has 1 rings (SSSR count). The Bertz CT molecular complexity index is 247. The Morgan fingerprint density at radius 1 is 1.50 bits per heavy atom. The number of hydrogen-bond donors (Lipinski definition) is 1. The Morgan fingerprint density at radius 3 is 2.83 bits per heavy atom. The third-order valence-corrected chi connectivity index (χ3v) is 1.81. The van der Waals surface area contributed by atoms with Crippen molar-refractivity contribution in [1.29, 1.82) is 0 Å². The highest BCUT2D eigenvalue weighted by atomic mass is 35.5. The standard InChI is InChI=1S/C7H9ClFN3/c8-6-5(2-1-3-9)7(10)12-4-11-6/h4H,1-3H2,(H2,10,11,12). The van der Waals surface area contributed by atoms with Gasteiger partial charge in [-0.15, -0.1) is 0 Å². The molecule has 5 heteroatoms. The molecule has 0 fully saturated rings. The Hall–Kier alpha value is -0.900. The van der Waals surface area contributed by atoms with Crippen molar-refractivity contribution >= 4 is 17.4 Å². The molecule has 3 nitrogen and oxygen atoms in total. The number of nitrogens with zero attached hydrogens (tertiary/aromatic N) is 2. The van der Waals surface area contributed by atoms with Gasteiger partial charge in [-0.3, -0.25) is 4.39 Å². The molecule has 12 heavy (non-hydrogen) atoms. The normalized spacial score (nSPS) is 10.2. The van der Waals surface area contributed by atoms with E-state index in [9.17, 15) is 4.39 Å². The largest absolute Gasteiger partial charge is 0.383 e. The summed E-state index contributed by atoms with van der Waals surface area (Å²) in [6, 6.07) is 0. The van der Waals surface area contributed by atoms with E-state index in [1.54, 1.807) is 0 Å². The number of aromatic nitrogens is 2. The van der Waals surface area contributed by atoms with Crippen LogP contribution in [0, 0.1) is 0 Å². The number of halogens is 2. The zero-order valence-electron chi connectivity index (χ0n) is 6.43. The third-order valence-electron chi connectivity index (χ3n) is 1.49. The van der Waals surface area contributed by atoms with Crippen molar-refractivity contribution < 1.29 is 4.39 Å². The molecule has 2 N–H and O–H groups in total. The van der Waals surface area contributed by atoms with E-state index >= 15 is 0 Å². The lowest BCUT2D eigenvalue weighted by Crippen LogP contribution is -2.00. The highest BCUT2D eigenvalue weighted by Gasteiger charge is 2.05. The van der Waals surface area contributed by atoms with Gasteiger partial charge < -0.3 is 5.73 Å². The van der Waals surface area contributed by atoms with Gasteiger partial charge in [-0.1, -0.05) is 11.6 Å².